The van der Waals surface area contributed by atoms with Crippen LogP contribution in [0.2, 0.25) is 5.02 Å². The van der Waals surface area contributed by atoms with E-state index in [1.54, 1.807) is 0 Å². The van der Waals surface area contributed by atoms with Crippen LogP contribution in [0.15, 0.2) is 48.5 Å². The van der Waals surface area contributed by atoms with Crippen LogP contribution in [0.25, 0.3) is 0 Å². The number of halogens is 3. The Labute approximate surface area is 155 Å². The van der Waals surface area contributed by atoms with Gasteiger partial charge in [-0.1, -0.05) is 29.8 Å². The topological polar surface area (TPSA) is 41.6 Å². The third-order valence-electron chi connectivity index (χ3n) is 4.34. The number of ether oxygens (including phenoxy) is 1. The van der Waals surface area contributed by atoms with Crippen LogP contribution in [0.1, 0.15) is 24.4 Å². The maximum Gasteiger partial charge on any atom is 0.387 e. The summed E-state index contributed by atoms with van der Waals surface area (Å²) in [5.74, 6) is -0.109. The lowest BCUT2D eigenvalue weighted by Crippen LogP contribution is -2.33. The van der Waals surface area contributed by atoms with Gasteiger partial charge in [-0.05, 0) is 55.3 Å². The van der Waals surface area contributed by atoms with E-state index in [2.05, 4.69) is 15.0 Å². The highest BCUT2D eigenvalue weighted by molar-refractivity contribution is 6.31. The molecule has 1 amide bonds. The van der Waals surface area contributed by atoms with Gasteiger partial charge in [0.15, 0.2) is 0 Å². The van der Waals surface area contributed by atoms with Gasteiger partial charge in [0.05, 0.1) is 6.54 Å². The van der Waals surface area contributed by atoms with Crippen LogP contribution in [0.5, 0.6) is 5.75 Å². The first kappa shape index (κ1) is 18.6. The summed E-state index contributed by atoms with van der Waals surface area (Å²) in [4.78, 5) is 14.5. The monoisotopic (exact) mass is 380 g/mol. The molecule has 1 aliphatic heterocycles. The predicted molar refractivity (Wildman–Crippen MR) is 96.7 cm³/mol. The zero-order valence-electron chi connectivity index (χ0n) is 14.0. The van der Waals surface area contributed by atoms with E-state index >= 15 is 0 Å². The fraction of sp³-hybridized carbons (Fsp3) is 0.316. The Hall–Kier alpha value is -2.18. The molecule has 1 heterocycles. The van der Waals surface area contributed by atoms with Crippen molar-refractivity contribution in [3.63, 3.8) is 0 Å². The SMILES string of the molecule is O=C(CN1CCCC1c1ccccc1Cl)Nc1ccc(OC(F)F)cc1. The number of amides is 1. The molecule has 1 saturated heterocycles. The third kappa shape index (κ3) is 4.71. The zero-order valence-corrected chi connectivity index (χ0v) is 14.8. The molecule has 3 rings (SSSR count). The van der Waals surface area contributed by atoms with Crippen molar-refractivity contribution in [2.24, 2.45) is 0 Å². The third-order valence-corrected chi connectivity index (χ3v) is 4.68. The quantitative estimate of drug-likeness (QED) is 0.788. The average Bonchev–Trinajstić information content (AvgIpc) is 3.04. The molecule has 0 aromatic heterocycles. The Bertz CT molecular complexity index is 755. The molecule has 7 heteroatoms. The molecule has 1 unspecified atom stereocenters. The number of likely N-dealkylation sites (tertiary alicyclic amines) is 1. The number of carbonyl (C=O) groups excluding carboxylic acids is 1. The van der Waals surface area contributed by atoms with Crippen LogP contribution < -0.4 is 10.1 Å². The van der Waals surface area contributed by atoms with E-state index in [-0.39, 0.29) is 24.2 Å². The lowest BCUT2D eigenvalue weighted by Gasteiger charge is -2.25. The second-order valence-corrected chi connectivity index (χ2v) is 6.51. The maximum atomic E-state index is 12.4. The van der Waals surface area contributed by atoms with Gasteiger partial charge in [-0.15, -0.1) is 0 Å². The number of anilines is 1. The van der Waals surface area contributed by atoms with E-state index in [4.69, 9.17) is 11.6 Å². The van der Waals surface area contributed by atoms with Gasteiger partial charge >= 0.3 is 6.61 Å². The first-order chi connectivity index (χ1) is 12.5. The van der Waals surface area contributed by atoms with Crippen molar-refractivity contribution < 1.29 is 18.3 Å². The molecule has 138 valence electrons. The highest BCUT2D eigenvalue weighted by atomic mass is 35.5. The molecule has 0 aliphatic carbocycles. The van der Waals surface area contributed by atoms with Crippen molar-refractivity contribution in [3.05, 3.63) is 59.1 Å². The Morgan fingerprint density at radius 3 is 2.65 bits per heavy atom. The molecule has 1 atom stereocenters. The Morgan fingerprint density at radius 2 is 1.96 bits per heavy atom. The van der Waals surface area contributed by atoms with Gasteiger partial charge in [0.25, 0.3) is 0 Å². The summed E-state index contributed by atoms with van der Waals surface area (Å²) >= 11 is 6.29. The van der Waals surface area contributed by atoms with Gasteiger partial charge in [-0.3, -0.25) is 9.69 Å². The predicted octanol–water partition coefficient (Wildman–Crippen LogP) is 4.72. The van der Waals surface area contributed by atoms with Crippen molar-refractivity contribution >= 4 is 23.2 Å². The molecule has 0 bridgehead atoms. The average molecular weight is 381 g/mol. The minimum absolute atomic E-state index is 0.0522. The number of hydrogen-bond donors (Lipinski definition) is 1. The number of hydrogen-bond acceptors (Lipinski definition) is 3. The minimum Gasteiger partial charge on any atom is -0.435 e. The second kappa shape index (κ2) is 8.47. The minimum atomic E-state index is -2.87. The molecule has 2 aromatic carbocycles. The number of nitrogens with zero attached hydrogens (tertiary/aromatic N) is 1. The molecule has 1 fully saturated rings. The van der Waals surface area contributed by atoms with Gasteiger partial charge in [0.2, 0.25) is 5.91 Å². The summed E-state index contributed by atoms with van der Waals surface area (Å²) in [6.07, 6.45) is 1.96. The fourth-order valence-electron chi connectivity index (χ4n) is 3.22. The van der Waals surface area contributed by atoms with Gasteiger partial charge < -0.3 is 10.1 Å². The van der Waals surface area contributed by atoms with E-state index in [0.29, 0.717) is 10.7 Å². The number of rotatable bonds is 6. The Morgan fingerprint density at radius 1 is 1.23 bits per heavy atom. The molecule has 1 N–H and O–H groups in total. The number of carbonyl (C=O) groups is 1. The summed E-state index contributed by atoms with van der Waals surface area (Å²) in [6.45, 7) is -1.80. The Balaban J connectivity index is 1.60. The molecule has 26 heavy (non-hydrogen) atoms. The molecular formula is C19H19ClF2N2O2. The molecule has 0 saturated carbocycles. The van der Waals surface area contributed by atoms with Crippen LogP contribution in [0.4, 0.5) is 14.5 Å². The lowest BCUT2D eigenvalue weighted by atomic mass is 10.0. The largest absolute Gasteiger partial charge is 0.435 e. The summed E-state index contributed by atoms with van der Waals surface area (Å²) in [7, 11) is 0. The summed E-state index contributed by atoms with van der Waals surface area (Å²) in [5.41, 5.74) is 1.57. The summed E-state index contributed by atoms with van der Waals surface area (Å²) in [5, 5.41) is 3.49. The number of alkyl halides is 2. The smallest absolute Gasteiger partial charge is 0.387 e. The molecule has 0 radical (unpaired) electrons. The van der Waals surface area contributed by atoms with E-state index < -0.39 is 6.61 Å². The van der Waals surface area contributed by atoms with E-state index in [9.17, 15) is 13.6 Å². The van der Waals surface area contributed by atoms with Crippen LogP contribution >= 0.6 is 11.6 Å². The van der Waals surface area contributed by atoms with Crippen molar-refractivity contribution in [1.29, 1.82) is 0 Å². The lowest BCUT2D eigenvalue weighted by molar-refractivity contribution is -0.117. The number of benzene rings is 2. The van der Waals surface area contributed by atoms with Gasteiger partial charge in [-0.25, -0.2) is 0 Å². The van der Waals surface area contributed by atoms with Crippen molar-refractivity contribution in [2.75, 3.05) is 18.4 Å². The molecule has 1 aliphatic rings. The first-order valence-electron chi connectivity index (χ1n) is 8.36. The normalized spacial score (nSPS) is 17.5. The second-order valence-electron chi connectivity index (χ2n) is 6.10. The van der Waals surface area contributed by atoms with Crippen LogP contribution in [0.3, 0.4) is 0 Å². The van der Waals surface area contributed by atoms with E-state index in [1.807, 2.05) is 24.3 Å². The summed E-state index contributed by atoms with van der Waals surface area (Å²) in [6, 6.07) is 13.7. The van der Waals surface area contributed by atoms with Crippen molar-refractivity contribution in [1.82, 2.24) is 4.90 Å². The number of nitrogens with one attached hydrogen (secondary N) is 1. The van der Waals surface area contributed by atoms with Crippen molar-refractivity contribution in [2.45, 2.75) is 25.5 Å². The maximum absolute atomic E-state index is 12.4. The van der Waals surface area contributed by atoms with E-state index in [0.717, 1.165) is 24.9 Å². The first-order valence-corrected chi connectivity index (χ1v) is 8.74. The highest BCUT2D eigenvalue weighted by Crippen LogP contribution is 2.35. The molecule has 0 spiro atoms. The highest BCUT2D eigenvalue weighted by Gasteiger charge is 2.28. The van der Waals surface area contributed by atoms with Gasteiger partial charge in [0.1, 0.15) is 5.75 Å². The molecule has 2 aromatic rings. The summed E-state index contributed by atoms with van der Waals surface area (Å²) < 4.78 is 28.6. The molecular weight excluding hydrogens is 362 g/mol. The Kier molecular flexibility index (Phi) is 6.06. The van der Waals surface area contributed by atoms with E-state index in [1.165, 1.54) is 24.3 Å². The van der Waals surface area contributed by atoms with Gasteiger partial charge in [-0.2, -0.15) is 8.78 Å². The van der Waals surface area contributed by atoms with Crippen LogP contribution in [-0.4, -0.2) is 30.5 Å². The van der Waals surface area contributed by atoms with Crippen LogP contribution in [-0.2, 0) is 4.79 Å². The van der Waals surface area contributed by atoms with Gasteiger partial charge in [0, 0.05) is 16.8 Å². The fourth-order valence-corrected chi connectivity index (χ4v) is 3.48. The molecule has 4 nitrogen and oxygen atoms in total. The zero-order chi connectivity index (χ0) is 18.5. The van der Waals surface area contributed by atoms with Crippen molar-refractivity contribution in [3.8, 4) is 5.75 Å². The standard InChI is InChI=1S/C19H19ClF2N2O2/c20-16-5-2-1-4-15(16)17-6-3-11-24(17)12-18(25)23-13-7-9-14(10-8-13)26-19(21)22/h1-2,4-5,7-10,17,19H,3,6,11-12H2,(H,23,25). The van der Waals surface area contributed by atoms with Crippen LogP contribution in [0, 0.1) is 0 Å².